The molecule has 3 unspecified atom stereocenters. The monoisotopic (exact) mass is 225 g/mol. The summed E-state index contributed by atoms with van der Waals surface area (Å²) in [6.45, 7) is 9.37. The first-order chi connectivity index (χ1) is 7.69. The van der Waals surface area contributed by atoms with Crippen LogP contribution in [0.3, 0.4) is 0 Å². The van der Waals surface area contributed by atoms with Gasteiger partial charge in [0.15, 0.2) is 0 Å². The van der Waals surface area contributed by atoms with Crippen LogP contribution in [0.5, 0.6) is 0 Å². The normalized spacial score (nSPS) is 24.0. The minimum absolute atomic E-state index is 0.678. The van der Waals surface area contributed by atoms with Gasteiger partial charge < -0.3 is 5.32 Å². The molecule has 1 aliphatic carbocycles. The number of hydrogen-bond acceptors (Lipinski definition) is 1. The van der Waals surface area contributed by atoms with Crippen molar-refractivity contribution in [3.63, 3.8) is 0 Å². The van der Waals surface area contributed by atoms with Gasteiger partial charge >= 0.3 is 0 Å². The number of hydrogen-bond donors (Lipinski definition) is 1. The summed E-state index contributed by atoms with van der Waals surface area (Å²) in [5, 5.41) is 3.89. The molecule has 0 amide bonds. The third kappa shape index (κ3) is 4.08. The average Bonchev–Trinajstić information content (AvgIpc) is 2.35. The summed E-state index contributed by atoms with van der Waals surface area (Å²) in [6, 6.07) is 1.45. The van der Waals surface area contributed by atoms with Gasteiger partial charge in [-0.2, -0.15) is 0 Å². The van der Waals surface area contributed by atoms with Crippen LogP contribution in [0.1, 0.15) is 72.6 Å². The lowest BCUT2D eigenvalue weighted by Gasteiger charge is -2.34. The Morgan fingerprint density at radius 1 is 1.00 bits per heavy atom. The van der Waals surface area contributed by atoms with Crippen LogP contribution >= 0.6 is 0 Å². The second kappa shape index (κ2) is 7.32. The quantitative estimate of drug-likeness (QED) is 0.708. The van der Waals surface area contributed by atoms with Gasteiger partial charge in [0.25, 0.3) is 0 Å². The summed E-state index contributed by atoms with van der Waals surface area (Å²) in [4.78, 5) is 0. The van der Waals surface area contributed by atoms with Gasteiger partial charge in [0.05, 0.1) is 0 Å². The zero-order chi connectivity index (χ0) is 12.0. The fraction of sp³-hybridized carbons (Fsp3) is 1.00. The van der Waals surface area contributed by atoms with E-state index < -0.39 is 0 Å². The van der Waals surface area contributed by atoms with Crippen LogP contribution in [-0.4, -0.2) is 12.1 Å². The summed E-state index contributed by atoms with van der Waals surface area (Å²) in [5.74, 6) is 1.75. The fourth-order valence-electron chi connectivity index (χ4n) is 2.98. The first kappa shape index (κ1) is 14.0. The standard InChI is InChI=1S/C15H31N/c1-5-12(3)13(4)16-15(6-2)14-10-8-7-9-11-14/h12-16H,5-11H2,1-4H3. The molecule has 0 spiro atoms. The fourth-order valence-corrected chi connectivity index (χ4v) is 2.98. The van der Waals surface area contributed by atoms with Crippen molar-refractivity contribution in [2.75, 3.05) is 0 Å². The van der Waals surface area contributed by atoms with Crippen LogP contribution in [0.4, 0.5) is 0 Å². The van der Waals surface area contributed by atoms with Crippen LogP contribution in [-0.2, 0) is 0 Å². The highest BCUT2D eigenvalue weighted by Crippen LogP contribution is 2.28. The van der Waals surface area contributed by atoms with Gasteiger partial charge in [0.1, 0.15) is 0 Å². The molecule has 3 atom stereocenters. The third-order valence-electron chi connectivity index (χ3n) is 4.63. The average molecular weight is 225 g/mol. The van der Waals surface area contributed by atoms with Crippen molar-refractivity contribution < 1.29 is 0 Å². The molecule has 0 bridgehead atoms. The Morgan fingerprint density at radius 3 is 2.12 bits per heavy atom. The highest BCUT2D eigenvalue weighted by Gasteiger charge is 2.24. The Bertz CT molecular complexity index is 172. The summed E-state index contributed by atoms with van der Waals surface area (Å²) < 4.78 is 0. The minimum Gasteiger partial charge on any atom is -0.311 e. The molecule has 1 fully saturated rings. The molecule has 0 aromatic heterocycles. The van der Waals surface area contributed by atoms with Gasteiger partial charge in [-0.1, -0.05) is 46.5 Å². The lowest BCUT2D eigenvalue weighted by molar-refractivity contribution is 0.229. The molecule has 1 saturated carbocycles. The van der Waals surface area contributed by atoms with Gasteiger partial charge in [-0.15, -0.1) is 0 Å². The summed E-state index contributed by atoms with van der Waals surface area (Å²) in [5.41, 5.74) is 0. The van der Waals surface area contributed by atoms with Crippen molar-refractivity contribution in [2.24, 2.45) is 11.8 Å². The smallest absolute Gasteiger partial charge is 0.00952 e. The van der Waals surface area contributed by atoms with Crippen molar-refractivity contribution in [1.82, 2.24) is 5.32 Å². The lowest BCUT2D eigenvalue weighted by atomic mass is 9.82. The summed E-state index contributed by atoms with van der Waals surface area (Å²) >= 11 is 0. The molecule has 0 radical (unpaired) electrons. The molecule has 1 N–H and O–H groups in total. The van der Waals surface area contributed by atoms with Gasteiger partial charge in [-0.05, 0) is 38.0 Å². The van der Waals surface area contributed by atoms with Gasteiger partial charge in [0.2, 0.25) is 0 Å². The van der Waals surface area contributed by atoms with Crippen molar-refractivity contribution >= 4 is 0 Å². The van der Waals surface area contributed by atoms with Crippen LogP contribution in [0, 0.1) is 11.8 Å². The highest BCUT2D eigenvalue weighted by atomic mass is 15.0. The Labute approximate surface area is 102 Å². The van der Waals surface area contributed by atoms with E-state index in [-0.39, 0.29) is 0 Å². The Hall–Kier alpha value is -0.0400. The van der Waals surface area contributed by atoms with Crippen molar-refractivity contribution in [3.8, 4) is 0 Å². The van der Waals surface area contributed by atoms with E-state index in [9.17, 15) is 0 Å². The first-order valence-corrected chi connectivity index (χ1v) is 7.45. The molecule has 0 heterocycles. The molecule has 1 heteroatoms. The van der Waals surface area contributed by atoms with E-state index in [4.69, 9.17) is 0 Å². The van der Waals surface area contributed by atoms with Crippen LogP contribution in [0.15, 0.2) is 0 Å². The van der Waals surface area contributed by atoms with E-state index in [0.717, 1.165) is 17.9 Å². The maximum atomic E-state index is 3.89. The van der Waals surface area contributed by atoms with Crippen molar-refractivity contribution in [3.05, 3.63) is 0 Å². The second-order valence-corrected chi connectivity index (χ2v) is 5.75. The maximum Gasteiger partial charge on any atom is 0.00952 e. The van der Waals surface area contributed by atoms with E-state index in [0.29, 0.717) is 6.04 Å². The Balaban J connectivity index is 2.40. The Morgan fingerprint density at radius 2 is 1.62 bits per heavy atom. The van der Waals surface area contributed by atoms with Gasteiger partial charge in [-0.3, -0.25) is 0 Å². The maximum absolute atomic E-state index is 3.89. The van der Waals surface area contributed by atoms with Crippen molar-refractivity contribution in [1.29, 1.82) is 0 Å². The predicted molar refractivity (Wildman–Crippen MR) is 72.7 cm³/mol. The predicted octanol–water partition coefficient (Wildman–Crippen LogP) is 4.37. The van der Waals surface area contributed by atoms with E-state index in [1.54, 1.807) is 0 Å². The van der Waals surface area contributed by atoms with Crippen LogP contribution < -0.4 is 5.32 Å². The van der Waals surface area contributed by atoms with Gasteiger partial charge in [-0.25, -0.2) is 0 Å². The first-order valence-electron chi connectivity index (χ1n) is 7.45. The molecule has 16 heavy (non-hydrogen) atoms. The molecule has 1 rings (SSSR count). The molecule has 1 nitrogen and oxygen atoms in total. The van der Waals surface area contributed by atoms with Crippen LogP contribution in [0.25, 0.3) is 0 Å². The van der Waals surface area contributed by atoms with E-state index in [1.807, 2.05) is 0 Å². The lowest BCUT2D eigenvalue weighted by Crippen LogP contribution is -2.44. The number of rotatable bonds is 6. The molecule has 1 aliphatic rings. The minimum atomic E-state index is 0.678. The van der Waals surface area contributed by atoms with Crippen molar-refractivity contribution in [2.45, 2.75) is 84.7 Å². The molecular formula is C15H31N. The SMILES string of the molecule is CCC(C)C(C)NC(CC)C1CCCCC1. The molecule has 96 valence electrons. The number of nitrogens with one attached hydrogen (secondary N) is 1. The second-order valence-electron chi connectivity index (χ2n) is 5.75. The molecule has 0 aromatic rings. The highest BCUT2D eigenvalue weighted by molar-refractivity contribution is 4.81. The zero-order valence-electron chi connectivity index (χ0n) is 11.8. The largest absolute Gasteiger partial charge is 0.311 e. The van der Waals surface area contributed by atoms with Gasteiger partial charge in [0, 0.05) is 12.1 Å². The molecular weight excluding hydrogens is 194 g/mol. The Kier molecular flexibility index (Phi) is 6.41. The molecule has 0 saturated heterocycles. The topological polar surface area (TPSA) is 12.0 Å². The molecule has 0 aromatic carbocycles. The zero-order valence-corrected chi connectivity index (χ0v) is 11.8. The third-order valence-corrected chi connectivity index (χ3v) is 4.63. The summed E-state index contributed by atoms with van der Waals surface area (Å²) in [6.07, 6.45) is 9.88. The van der Waals surface area contributed by atoms with E-state index in [2.05, 4.69) is 33.0 Å². The summed E-state index contributed by atoms with van der Waals surface area (Å²) in [7, 11) is 0. The van der Waals surface area contributed by atoms with E-state index in [1.165, 1.54) is 44.9 Å². The molecule has 0 aliphatic heterocycles. The van der Waals surface area contributed by atoms with E-state index >= 15 is 0 Å². The van der Waals surface area contributed by atoms with Crippen LogP contribution in [0.2, 0.25) is 0 Å².